The van der Waals surface area contributed by atoms with Gasteiger partial charge in [-0.25, -0.2) is 0 Å². The molecule has 1 aromatic rings. The number of pyridine rings is 1. The molecule has 0 bridgehead atoms. The van der Waals surface area contributed by atoms with E-state index in [1.807, 2.05) is 0 Å². The summed E-state index contributed by atoms with van der Waals surface area (Å²) < 4.78 is 0. The highest BCUT2D eigenvalue weighted by Gasteiger charge is 2.07. The quantitative estimate of drug-likeness (QED) is 0.555. The summed E-state index contributed by atoms with van der Waals surface area (Å²) in [6.07, 6.45) is 6.78. The van der Waals surface area contributed by atoms with Crippen molar-refractivity contribution >= 4 is 25.0 Å². The van der Waals surface area contributed by atoms with E-state index >= 15 is 0 Å². The first-order valence-electron chi connectivity index (χ1n) is 3.45. The standard InChI is InChI=1S/C9H9NOS.ClH/c1-3-7-4-10-6(2)9(11)8(7)5-12;/h1,4,11-12H,5H2,2H3;1H. The number of hydrogen-bond acceptors (Lipinski definition) is 3. The van der Waals surface area contributed by atoms with Gasteiger partial charge in [0, 0.05) is 17.5 Å². The molecule has 0 aliphatic heterocycles. The van der Waals surface area contributed by atoms with Gasteiger partial charge in [-0.1, -0.05) is 5.92 Å². The van der Waals surface area contributed by atoms with Crippen LogP contribution in [0.3, 0.4) is 0 Å². The normalized spacial score (nSPS) is 8.69. The molecule has 0 radical (unpaired) electrons. The van der Waals surface area contributed by atoms with Gasteiger partial charge >= 0.3 is 0 Å². The van der Waals surface area contributed by atoms with E-state index in [0.717, 1.165) is 0 Å². The van der Waals surface area contributed by atoms with Crippen LogP contribution in [-0.2, 0) is 5.75 Å². The molecule has 0 saturated heterocycles. The molecule has 0 amide bonds. The van der Waals surface area contributed by atoms with Crippen LogP contribution in [-0.4, -0.2) is 10.1 Å². The van der Waals surface area contributed by atoms with Crippen molar-refractivity contribution in [2.45, 2.75) is 12.7 Å². The van der Waals surface area contributed by atoms with Crippen LogP contribution < -0.4 is 0 Å². The van der Waals surface area contributed by atoms with E-state index in [-0.39, 0.29) is 18.2 Å². The summed E-state index contributed by atoms with van der Waals surface area (Å²) in [6.45, 7) is 1.72. The van der Waals surface area contributed by atoms with Gasteiger partial charge in [0.1, 0.15) is 5.75 Å². The lowest BCUT2D eigenvalue weighted by Gasteiger charge is -2.05. The SMILES string of the molecule is C#Cc1cnc(C)c(O)c1CS.Cl. The summed E-state index contributed by atoms with van der Waals surface area (Å²) >= 11 is 4.07. The van der Waals surface area contributed by atoms with Crippen LogP contribution in [0.4, 0.5) is 0 Å². The lowest BCUT2D eigenvalue weighted by molar-refractivity contribution is 0.462. The molecule has 0 atom stereocenters. The Morgan fingerprint density at radius 1 is 1.69 bits per heavy atom. The lowest BCUT2D eigenvalue weighted by Crippen LogP contribution is -1.92. The number of aromatic hydroxyl groups is 1. The van der Waals surface area contributed by atoms with E-state index in [1.54, 1.807) is 13.1 Å². The molecular formula is C9H10ClNOS. The first-order chi connectivity index (χ1) is 5.70. The lowest BCUT2D eigenvalue weighted by atomic mass is 10.1. The predicted octanol–water partition coefficient (Wildman–Crippen LogP) is 1.93. The Hall–Kier alpha value is -0.850. The number of hydrogen-bond donors (Lipinski definition) is 2. The molecule has 4 heteroatoms. The number of rotatable bonds is 1. The Labute approximate surface area is 89.2 Å². The topological polar surface area (TPSA) is 33.1 Å². The minimum atomic E-state index is 0. The first kappa shape index (κ1) is 12.2. The summed E-state index contributed by atoms with van der Waals surface area (Å²) in [5, 5.41) is 9.50. The van der Waals surface area contributed by atoms with Crippen LogP contribution in [0.2, 0.25) is 0 Å². The second-order valence-corrected chi connectivity index (χ2v) is 2.70. The molecule has 0 aromatic carbocycles. The Bertz CT molecular complexity index is 346. The minimum absolute atomic E-state index is 0. The Morgan fingerprint density at radius 2 is 2.31 bits per heavy atom. The zero-order valence-electron chi connectivity index (χ0n) is 7.11. The van der Waals surface area contributed by atoms with Crippen LogP contribution in [0, 0.1) is 19.3 Å². The largest absolute Gasteiger partial charge is 0.506 e. The van der Waals surface area contributed by atoms with Gasteiger partial charge in [0.05, 0.1) is 11.3 Å². The summed E-state index contributed by atoms with van der Waals surface area (Å²) in [4.78, 5) is 3.93. The number of thiol groups is 1. The molecule has 0 aliphatic rings. The van der Waals surface area contributed by atoms with Crippen molar-refractivity contribution in [2.75, 3.05) is 0 Å². The number of aromatic nitrogens is 1. The molecule has 1 heterocycles. The van der Waals surface area contributed by atoms with Crippen molar-refractivity contribution in [2.24, 2.45) is 0 Å². The van der Waals surface area contributed by atoms with Gasteiger partial charge in [0.15, 0.2) is 0 Å². The van der Waals surface area contributed by atoms with Gasteiger partial charge in [-0.05, 0) is 6.92 Å². The molecule has 0 spiro atoms. The fraction of sp³-hybridized carbons (Fsp3) is 0.222. The number of nitrogens with zero attached hydrogens (tertiary/aromatic N) is 1. The fourth-order valence-electron chi connectivity index (χ4n) is 0.931. The first-order valence-corrected chi connectivity index (χ1v) is 4.08. The summed E-state index contributed by atoms with van der Waals surface area (Å²) in [5.41, 5.74) is 1.86. The summed E-state index contributed by atoms with van der Waals surface area (Å²) in [5.74, 6) is 3.02. The van der Waals surface area contributed by atoms with Crippen LogP contribution in [0.25, 0.3) is 0 Å². The highest BCUT2D eigenvalue weighted by molar-refractivity contribution is 7.79. The van der Waals surface area contributed by atoms with Crippen molar-refractivity contribution in [1.29, 1.82) is 0 Å². The smallest absolute Gasteiger partial charge is 0.142 e. The van der Waals surface area contributed by atoms with Crippen molar-refractivity contribution < 1.29 is 5.11 Å². The van der Waals surface area contributed by atoms with E-state index in [0.29, 0.717) is 22.6 Å². The molecule has 1 N–H and O–H groups in total. The molecule has 0 unspecified atom stereocenters. The van der Waals surface area contributed by atoms with Gasteiger partial charge < -0.3 is 5.11 Å². The third kappa shape index (κ3) is 2.30. The third-order valence-corrected chi connectivity index (χ3v) is 1.97. The number of halogens is 1. The monoisotopic (exact) mass is 215 g/mol. The summed E-state index contributed by atoms with van der Waals surface area (Å²) in [6, 6.07) is 0. The maximum absolute atomic E-state index is 9.50. The van der Waals surface area contributed by atoms with Gasteiger partial charge in [-0.2, -0.15) is 12.6 Å². The molecular weight excluding hydrogens is 206 g/mol. The maximum Gasteiger partial charge on any atom is 0.142 e. The van der Waals surface area contributed by atoms with E-state index in [1.165, 1.54) is 0 Å². The molecule has 0 saturated carbocycles. The number of terminal acetylenes is 1. The van der Waals surface area contributed by atoms with Crippen LogP contribution in [0.15, 0.2) is 6.20 Å². The zero-order valence-corrected chi connectivity index (χ0v) is 8.82. The van der Waals surface area contributed by atoms with E-state index in [9.17, 15) is 5.11 Å². The molecule has 70 valence electrons. The van der Waals surface area contributed by atoms with Gasteiger partial charge in [0.2, 0.25) is 0 Å². The van der Waals surface area contributed by atoms with Gasteiger partial charge in [-0.15, -0.1) is 18.8 Å². The van der Waals surface area contributed by atoms with Crippen molar-refractivity contribution in [3.05, 3.63) is 23.0 Å². The maximum atomic E-state index is 9.50. The number of aryl methyl sites for hydroxylation is 1. The molecule has 1 aromatic heterocycles. The van der Waals surface area contributed by atoms with Crippen molar-refractivity contribution in [3.63, 3.8) is 0 Å². The molecule has 0 fully saturated rings. The molecule has 0 aliphatic carbocycles. The van der Waals surface area contributed by atoms with Crippen LogP contribution in [0.5, 0.6) is 5.75 Å². The van der Waals surface area contributed by atoms with Gasteiger partial charge in [0.25, 0.3) is 0 Å². The average Bonchev–Trinajstić information content (AvgIpc) is 2.09. The van der Waals surface area contributed by atoms with Crippen molar-refractivity contribution in [3.8, 4) is 18.1 Å². The second-order valence-electron chi connectivity index (χ2n) is 2.39. The average molecular weight is 216 g/mol. The second kappa shape index (κ2) is 5.00. The van der Waals surface area contributed by atoms with Crippen LogP contribution in [0.1, 0.15) is 16.8 Å². The van der Waals surface area contributed by atoms with Gasteiger partial charge in [-0.3, -0.25) is 4.98 Å². The van der Waals surface area contributed by atoms with E-state index in [4.69, 9.17) is 6.42 Å². The minimum Gasteiger partial charge on any atom is -0.506 e. The van der Waals surface area contributed by atoms with E-state index in [2.05, 4.69) is 23.5 Å². The highest BCUT2D eigenvalue weighted by Crippen LogP contribution is 2.24. The predicted molar refractivity (Wildman–Crippen MR) is 58.5 cm³/mol. The third-order valence-electron chi connectivity index (χ3n) is 1.65. The molecule has 2 nitrogen and oxygen atoms in total. The van der Waals surface area contributed by atoms with Crippen LogP contribution >= 0.6 is 25.0 Å². The van der Waals surface area contributed by atoms with E-state index < -0.39 is 0 Å². The highest BCUT2D eigenvalue weighted by atomic mass is 35.5. The molecule has 13 heavy (non-hydrogen) atoms. The Morgan fingerprint density at radius 3 is 2.77 bits per heavy atom. The zero-order chi connectivity index (χ0) is 9.14. The Kier molecular flexibility index (Phi) is 4.68. The molecule has 1 rings (SSSR count). The summed E-state index contributed by atoms with van der Waals surface area (Å²) in [7, 11) is 0. The fourth-order valence-corrected chi connectivity index (χ4v) is 1.25. The Balaban J connectivity index is 0.00000144. The van der Waals surface area contributed by atoms with Crippen molar-refractivity contribution in [1.82, 2.24) is 4.98 Å².